The average molecular weight is 479 g/mol. The number of thioether (sulfide) groups is 1. The molecule has 1 atom stereocenters. The maximum Gasteiger partial charge on any atom is 0.242 e. The van der Waals surface area contributed by atoms with E-state index in [4.69, 9.17) is 23.2 Å². The second-order valence-corrected chi connectivity index (χ2v) is 9.71. The molecule has 2 amide bonds. The second kappa shape index (κ2) is 11.8. The van der Waals surface area contributed by atoms with E-state index in [0.29, 0.717) is 15.6 Å². The number of hydrogen-bond acceptors (Lipinski definition) is 3. The second-order valence-electron chi connectivity index (χ2n) is 7.84. The Balaban J connectivity index is 1.75. The Morgan fingerprint density at radius 3 is 2.32 bits per heavy atom. The summed E-state index contributed by atoms with van der Waals surface area (Å²) < 4.78 is 0. The largest absolute Gasteiger partial charge is 0.352 e. The normalized spacial score (nSPS) is 15.3. The summed E-state index contributed by atoms with van der Waals surface area (Å²) in [5, 5.41) is 4.11. The van der Waals surface area contributed by atoms with E-state index in [1.165, 1.54) is 18.2 Å². The van der Waals surface area contributed by atoms with E-state index in [1.807, 2.05) is 30.3 Å². The number of rotatable bonds is 8. The highest BCUT2D eigenvalue weighted by atomic mass is 35.5. The zero-order valence-electron chi connectivity index (χ0n) is 17.7. The number of amides is 2. The smallest absolute Gasteiger partial charge is 0.242 e. The molecule has 1 fully saturated rings. The molecule has 1 aliphatic rings. The van der Waals surface area contributed by atoms with Gasteiger partial charge in [0.2, 0.25) is 11.8 Å². The molecule has 1 aliphatic carbocycles. The fraction of sp³-hybridized carbons (Fsp3) is 0.417. The summed E-state index contributed by atoms with van der Waals surface area (Å²) in [5.74, 6) is -0.0306. The maximum absolute atomic E-state index is 13.2. The van der Waals surface area contributed by atoms with Crippen molar-refractivity contribution in [2.24, 2.45) is 0 Å². The predicted molar refractivity (Wildman–Crippen MR) is 129 cm³/mol. The Morgan fingerprint density at radius 1 is 1.03 bits per heavy atom. The molecule has 7 heteroatoms. The molecule has 166 valence electrons. The first kappa shape index (κ1) is 24.0. The molecule has 0 spiro atoms. The summed E-state index contributed by atoms with van der Waals surface area (Å²) in [6, 6.07) is 14.6. The topological polar surface area (TPSA) is 49.4 Å². The lowest BCUT2D eigenvalue weighted by molar-refractivity contribution is -0.139. The highest BCUT2D eigenvalue weighted by Gasteiger charge is 2.29. The fourth-order valence-electron chi connectivity index (χ4n) is 3.75. The minimum absolute atomic E-state index is 0.129. The first-order chi connectivity index (χ1) is 15.0. The van der Waals surface area contributed by atoms with Gasteiger partial charge in [-0.1, -0.05) is 66.7 Å². The van der Waals surface area contributed by atoms with Crippen molar-refractivity contribution < 1.29 is 9.59 Å². The average Bonchev–Trinajstić information content (AvgIpc) is 2.78. The molecule has 0 aliphatic heterocycles. The van der Waals surface area contributed by atoms with Crippen LogP contribution in [-0.2, 0) is 16.1 Å². The Bertz CT molecular complexity index is 868. The van der Waals surface area contributed by atoms with Gasteiger partial charge < -0.3 is 10.2 Å². The third-order valence-corrected chi connectivity index (χ3v) is 7.32. The van der Waals surface area contributed by atoms with E-state index in [0.717, 1.165) is 30.6 Å². The number of carbonyl (C=O) groups excluding carboxylic acids is 2. The minimum atomic E-state index is -0.627. The number of benzene rings is 2. The molecule has 1 unspecified atom stereocenters. The van der Waals surface area contributed by atoms with Crippen molar-refractivity contribution in [1.82, 2.24) is 10.2 Å². The lowest BCUT2D eigenvalue weighted by atomic mass is 9.95. The first-order valence-electron chi connectivity index (χ1n) is 10.7. The zero-order chi connectivity index (χ0) is 22.2. The molecule has 0 aromatic heterocycles. The van der Waals surface area contributed by atoms with Crippen LogP contribution in [-0.4, -0.2) is 34.6 Å². The third kappa shape index (κ3) is 6.90. The summed E-state index contributed by atoms with van der Waals surface area (Å²) in [5.41, 5.74) is 0.654. The van der Waals surface area contributed by atoms with Gasteiger partial charge in [-0.3, -0.25) is 9.59 Å². The van der Waals surface area contributed by atoms with Gasteiger partial charge in [-0.15, -0.1) is 11.8 Å². The Morgan fingerprint density at radius 2 is 1.68 bits per heavy atom. The summed E-state index contributed by atoms with van der Waals surface area (Å²) in [7, 11) is 0. The highest BCUT2D eigenvalue weighted by Crippen LogP contribution is 2.27. The van der Waals surface area contributed by atoms with Gasteiger partial charge >= 0.3 is 0 Å². The van der Waals surface area contributed by atoms with Gasteiger partial charge in [0.15, 0.2) is 0 Å². The molecule has 2 aromatic carbocycles. The van der Waals surface area contributed by atoms with Crippen LogP contribution in [0.3, 0.4) is 0 Å². The predicted octanol–water partition coefficient (Wildman–Crippen LogP) is 5.95. The number of carbonyl (C=O) groups is 2. The van der Waals surface area contributed by atoms with Gasteiger partial charge in [0.25, 0.3) is 0 Å². The molecule has 0 saturated heterocycles. The number of halogens is 2. The Kier molecular flexibility index (Phi) is 9.12. The summed E-state index contributed by atoms with van der Waals surface area (Å²) in [4.78, 5) is 28.8. The van der Waals surface area contributed by atoms with Crippen LogP contribution in [0.4, 0.5) is 0 Å². The van der Waals surface area contributed by atoms with Crippen LogP contribution >= 0.6 is 35.0 Å². The van der Waals surface area contributed by atoms with Gasteiger partial charge in [-0.2, -0.15) is 0 Å². The molecule has 31 heavy (non-hydrogen) atoms. The van der Waals surface area contributed by atoms with Crippen molar-refractivity contribution in [3.05, 3.63) is 64.1 Å². The Labute approximate surface area is 198 Å². The van der Waals surface area contributed by atoms with Crippen LogP contribution in [0.15, 0.2) is 53.4 Å². The third-order valence-electron chi connectivity index (χ3n) is 5.61. The summed E-state index contributed by atoms with van der Waals surface area (Å²) >= 11 is 14.2. The number of nitrogens with one attached hydrogen (secondary N) is 1. The van der Waals surface area contributed by atoms with E-state index in [2.05, 4.69) is 5.32 Å². The van der Waals surface area contributed by atoms with Crippen LogP contribution in [0.2, 0.25) is 10.0 Å². The zero-order valence-corrected chi connectivity index (χ0v) is 20.0. The van der Waals surface area contributed by atoms with Crippen LogP contribution in [0, 0.1) is 0 Å². The Hall–Kier alpha value is -1.69. The van der Waals surface area contributed by atoms with Crippen LogP contribution < -0.4 is 5.32 Å². The highest BCUT2D eigenvalue weighted by molar-refractivity contribution is 8.00. The summed E-state index contributed by atoms with van der Waals surface area (Å²) in [6.45, 7) is 1.96. The molecule has 2 aromatic rings. The maximum atomic E-state index is 13.2. The molecule has 0 radical (unpaired) electrons. The van der Waals surface area contributed by atoms with Gasteiger partial charge in [0, 0.05) is 33.1 Å². The number of nitrogens with zero attached hydrogens (tertiary/aromatic N) is 1. The molecule has 1 saturated carbocycles. The van der Waals surface area contributed by atoms with E-state index in [1.54, 1.807) is 30.0 Å². The lowest BCUT2D eigenvalue weighted by Crippen LogP contribution is -2.50. The molecular formula is C24H28Cl2N2O2S. The molecule has 3 rings (SSSR count). The first-order valence-corrected chi connectivity index (χ1v) is 12.4. The standard InChI is InChI=1S/C24H28Cl2N2O2S/c1-17(24(30)27-18-9-4-2-5-10-18)28(15-20-21(25)13-8-14-22(20)26)23(29)16-31-19-11-6-3-7-12-19/h3,6-8,11-14,17-18H,2,4-5,9-10,15-16H2,1H3,(H,27,30). The lowest BCUT2D eigenvalue weighted by Gasteiger charge is -2.31. The van der Waals surface area contributed by atoms with Crippen molar-refractivity contribution >= 4 is 46.8 Å². The molecule has 1 N–H and O–H groups in total. The molecule has 0 bridgehead atoms. The van der Waals surface area contributed by atoms with E-state index >= 15 is 0 Å². The molecule has 4 nitrogen and oxygen atoms in total. The van der Waals surface area contributed by atoms with Gasteiger partial charge in [-0.25, -0.2) is 0 Å². The number of hydrogen-bond donors (Lipinski definition) is 1. The van der Waals surface area contributed by atoms with Gasteiger partial charge in [0.05, 0.1) is 5.75 Å². The fourth-order valence-corrected chi connectivity index (χ4v) is 5.07. The van der Waals surface area contributed by atoms with E-state index in [9.17, 15) is 9.59 Å². The quantitative estimate of drug-likeness (QED) is 0.476. The van der Waals surface area contributed by atoms with Crippen molar-refractivity contribution in [2.75, 3.05) is 5.75 Å². The monoisotopic (exact) mass is 478 g/mol. The van der Waals surface area contributed by atoms with Crippen LogP contribution in [0.25, 0.3) is 0 Å². The summed E-state index contributed by atoms with van der Waals surface area (Å²) in [6.07, 6.45) is 5.46. The molecular weight excluding hydrogens is 451 g/mol. The minimum Gasteiger partial charge on any atom is -0.352 e. The van der Waals surface area contributed by atoms with Crippen molar-refractivity contribution in [3.8, 4) is 0 Å². The van der Waals surface area contributed by atoms with E-state index in [-0.39, 0.29) is 30.2 Å². The van der Waals surface area contributed by atoms with Crippen LogP contribution in [0.1, 0.15) is 44.6 Å². The van der Waals surface area contributed by atoms with Crippen molar-refractivity contribution in [1.29, 1.82) is 0 Å². The van der Waals surface area contributed by atoms with Gasteiger partial charge in [0.1, 0.15) is 6.04 Å². The SMILES string of the molecule is CC(C(=O)NC1CCCCC1)N(Cc1c(Cl)cccc1Cl)C(=O)CSc1ccccc1. The van der Waals surface area contributed by atoms with Crippen LogP contribution in [0.5, 0.6) is 0 Å². The van der Waals surface area contributed by atoms with E-state index < -0.39 is 6.04 Å². The van der Waals surface area contributed by atoms with Gasteiger partial charge in [-0.05, 0) is 44.0 Å². The van der Waals surface area contributed by atoms with Crippen molar-refractivity contribution in [2.45, 2.75) is 62.6 Å². The molecule has 0 heterocycles. The van der Waals surface area contributed by atoms with Crippen molar-refractivity contribution in [3.63, 3.8) is 0 Å².